The molecule has 1 aliphatic rings. The number of carbonyl (C=O) groups is 1. The zero-order valence-electron chi connectivity index (χ0n) is 12.0. The number of aryl methyl sites for hydroxylation is 1. The molecule has 0 atom stereocenters. The Labute approximate surface area is 116 Å². The summed E-state index contributed by atoms with van der Waals surface area (Å²) in [4.78, 5) is 12.1. The van der Waals surface area contributed by atoms with E-state index in [2.05, 4.69) is 24.4 Å². The van der Waals surface area contributed by atoms with Gasteiger partial charge in [-0.2, -0.15) is 0 Å². The van der Waals surface area contributed by atoms with Crippen LogP contribution < -0.4 is 5.32 Å². The molecule has 0 radical (unpaired) electrons. The monoisotopic (exact) mass is 259 g/mol. The maximum Gasteiger partial charge on any atom is 0.176 e. The Morgan fingerprint density at radius 1 is 1.11 bits per heavy atom. The predicted octanol–water partition coefficient (Wildman–Crippen LogP) is 3.74. The standard InChI is InChI=1S/C17H25NO/c1-2-14-9-11-15(12-10-14)17(19)13-18-16-7-5-3-4-6-8-16/h9-12,16,18H,2-8,13H2,1H3. The summed E-state index contributed by atoms with van der Waals surface area (Å²) in [6, 6.07) is 8.56. The van der Waals surface area contributed by atoms with Crippen molar-refractivity contribution in [1.82, 2.24) is 5.32 Å². The lowest BCUT2D eigenvalue weighted by atomic mass is 10.1. The molecule has 0 bridgehead atoms. The number of nitrogens with one attached hydrogen (secondary N) is 1. The number of hydrogen-bond acceptors (Lipinski definition) is 2. The van der Waals surface area contributed by atoms with Crippen molar-refractivity contribution in [2.75, 3.05) is 6.54 Å². The maximum absolute atomic E-state index is 12.1. The van der Waals surface area contributed by atoms with Gasteiger partial charge in [0.2, 0.25) is 0 Å². The number of ketones is 1. The third-order valence-electron chi connectivity index (χ3n) is 4.09. The summed E-state index contributed by atoms with van der Waals surface area (Å²) < 4.78 is 0. The molecule has 104 valence electrons. The van der Waals surface area contributed by atoms with E-state index < -0.39 is 0 Å². The molecule has 1 N–H and O–H groups in total. The molecule has 2 heteroatoms. The van der Waals surface area contributed by atoms with Crippen LogP contribution in [0, 0.1) is 0 Å². The lowest BCUT2D eigenvalue weighted by molar-refractivity contribution is 0.0986. The van der Waals surface area contributed by atoms with E-state index >= 15 is 0 Å². The molecule has 0 spiro atoms. The minimum atomic E-state index is 0.215. The molecule has 0 saturated heterocycles. The van der Waals surface area contributed by atoms with E-state index in [-0.39, 0.29) is 5.78 Å². The van der Waals surface area contributed by atoms with Gasteiger partial charge in [0.15, 0.2) is 5.78 Å². The molecule has 1 fully saturated rings. The summed E-state index contributed by atoms with van der Waals surface area (Å²) >= 11 is 0. The zero-order chi connectivity index (χ0) is 13.5. The molecular weight excluding hydrogens is 234 g/mol. The van der Waals surface area contributed by atoms with Crippen molar-refractivity contribution >= 4 is 5.78 Å². The molecule has 0 amide bonds. The first-order valence-electron chi connectivity index (χ1n) is 7.65. The molecule has 1 saturated carbocycles. The van der Waals surface area contributed by atoms with Crippen molar-refractivity contribution < 1.29 is 4.79 Å². The Hall–Kier alpha value is -1.15. The molecule has 0 unspecified atom stereocenters. The van der Waals surface area contributed by atoms with Gasteiger partial charge in [0.05, 0.1) is 6.54 Å². The maximum atomic E-state index is 12.1. The third-order valence-corrected chi connectivity index (χ3v) is 4.09. The number of hydrogen-bond donors (Lipinski definition) is 1. The fraction of sp³-hybridized carbons (Fsp3) is 0.588. The van der Waals surface area contributed by atoms with Crippen molar-refractivity contribution in [3.63, 3.8) is 0 Å². The van der Waals surface area contributed by atoms with Crippen LogP contribution in [0.2, 0.25) is 0 Å². The number of Topliss-reactive ketones (excluding diaryl/α,β-unsaturated/α-hetero) is 1. The smallest absolute Gasteiger partial charge is 0.176 e. The van der Waals surface area contributed by atoms with Gasteiger partial charge in [0.1, 0.15) is 0 Å². The average Bonchev–Trinajstić information content (AvgIpc) is 2.73. The van der Waals surface area contributed by atoms with Gasteiger partial charge in [-0.1, -0.05) is 56.9 Å². The fourth-order valence-electron chi connectivity index (χ4n) is 2.75. The molecule has 1 aromatic rings. The molecule has 1 aromatic carbocycles. The Morgan fingerprint density at radius 3 is 2.32 bits per heavy atom. The van der Waals surface area contributed by atoms with Gasteiger partial charge in [0, 0.05) is 11.6 Å². The van der Waals surface area contributed by atoms with E-state index in [1.165, 1.54) is 44.1 Å². The van der Waals surface area contributed by atoms with E-state index in [4.69, 9.17) is 0 Å². The van der Waals surface area contributed by atoms with Crippen molar-refractivity contribution in [2.24, 2.45) is 0 Å². The molecule has 2 rings (SSSR count). The largest absolute Gasteiger partial charge is 0.307 e. The van der Waals surface area contributed by atoms with Gasteiger partial charge in [-0.05, 0) is 24.8 Å². The van der Waals surface area contributed by atoms with Gasteiger partial charge >= 0.3 is 0 Å². The van der Waals surface area contributed by atoms with Crippen LogP contribution in [0.25, 0.3) is 0 Å². The first kappa shape index (κ1) is 14.3. The van der Waals surface area contributed by atoms with Crippen LogP contribution in [-0.4, -0.2) is 18.4 Å². The molecule has 0 aliphatic heterocycles. The van der Waals surface area contributed by atoms with E-state index in [0.29, 0.717) is 12.6 Å². The van der Waals surface area contributed by atoms with E-state index in [0.717, 1.165) is 12.0 Å². The van der Waals surface area contributed by atoms with Crippen molar-refractivity contribution in [1.29, 1.82) is 0 Å². The second-order valence-corrected chi connectivity index (χ2v) is 5.54. The van der Waals surface area contributed by atoms with Crippen LogP contribution in [0.4, 0.5) is 0 Å². The summed E-state index contributed by atoms with van der Waals surface area (Å²) in [5.74, 6) is 0.215. The summed E-state index contributed by atoms with van der Waals surface area (Å²) in [5, 5.41) is 3.44. The molecule has 1 aliphatic carbocycles. The Kier molecular flexibility index (Phi) is 5.59. The van der Waals surface area contributed by atoms with E-state index in [9.17, 15) is 4.79 Å². The first-order chi connectivity index (χ1) is 9.29. The van der Waals surface area contributed by atoms with Crippen LogP contribution in [0.3, 0.4) is 0 Å². The van der Waals surface area contributed by atoms with E-state index in [1.807, 2.05) is 12.1 Å². The van der Waals surface area contributed by atoms with Crippen LogP contribution in [0.5, 0.6) is 0 Å². The Morgan fingerprint density at radius 2 is 1.74 bits per heavy atom. The van der Waals surface area contributed by atoms with Gasteiger partial charge in [0.25, 0.3) is 0 Å². The number of rotatable bonds is 5. The molecular formula is C17H25NO. The molecule has 0 aromatic heterocycles. The lowest BCUT2D eigenvalue weighted by Crippen LogP contribution is -2.33. The van der Waals surface area contributed by atoms with Gasteiger partial charge in [-0.3, -0.25) is 4.79 Å². The highest BCUT2D eigenvalue weighted by Gasteiger charge is 2.13. The van der Waals surface area contributed by atoms with Crippen LogP contribution in [0.1, 0.15) is 61.4 Å². The fourth-order valence-corrected chi connectivity index (χ4v) is 2.75. The van der Waals surface area contributed by atoms with Crippen molar-refractivity contribution in [3.8, 4) is 0 Å². The number of carbonyl (C=O) groups excluding carboxylic acids is 1. The van der Waals surface area contributed by atoms with Crippen molar-refractivity contribution in [3.05, 3.63) is 35.4 Å². The summed E-state index contributed by atoms with van der Waals surface area (Å²) in [7, 11) is 0. The van der Waals surface area contributed by atoms with Gasteiger partial charge in [-0.25, -0.2) is 0 Å². The van der Waals surface area contributed by atoms with Crippen LogP contribution in [-0.2, 0) is 6.42 Å². The quantitative estimate of drug-likeness (QED) is 0.644. The molecule has 0 heterocycles. The Balaban J connectivity index is 1.82. The normalized spacial score (nSPS) is 17.1. The van der Waals surface area contributed by atoms with Gasteiger partial charge < -0.3 is 5.32 Å². The van der Waals surface area contributed by atoms with Gasteiger partial charge in [-0.15, -0.1) is 0 Å². The van der Waals surface area contributed by atoms with E-state index in [1.54, 1.807) is 0 Å². The summed E-state index contributed by atoms with van der Waals surface area (Å²) in [5.41, 5.74) is 2.12. The molecule has 2 nitrogen and oxygen atoms in total. The summed E-state index contributed by atoms with van der Waals surface area (Å²) in [6.07, 6.45) is 8.78. The highest BCUT2D eigenvalue weighted by molar-refractivity contribution is 5.97. The minimum Gasteiger partial charge on any atom is -0.307 e. The Bertz CT molecular complexity index is 388. The average molecular weight is 259 g/mol. The molecule has 19 heavy (non-hydrogen) atoms. The highest BCUT2D eigenvalue weighted by Crippen LogP contribution is 2.17. The van der Waals surface area contributed by atoms with Crippen LogP contribution >= 0.6 is 0 Å². The second-order valence-electron chi connectivity index (χ2n) is 5.54. The topological polar surface area (TPSA) is 29.1 Å². The minimum absolute atomic E-state index is 0.215. The number of benzene rings is 1. The highest BCUT2D eigenvalue weighted by atomic mass is 16.1. The zero-order valence-corrected chi connectivity index (χ0v) is 12.0. The summed E-state index contributed by atoms with van der Waals surface area (Å²) in [6.45, 7) is 2.61. The second kappa shape index (κ2) is 7.44. The predicted molar refractivity (Wildman–Crippen MR) is 79.6 cm³/mol. The third kappa shape index (κ3) is 4.46. The van der Waals surface area contributed by atoms with Crippen molar-refractivity contribution in [2.45, 2.75) is 57.9 Å². The lowest BCUT2D eigenvalue weighted by Gasteiger charge is -2.15. The van der Waals surface area contributed by atoms with Crippen LogP contribution in [0.15, 0.2) is 24.3 Å². The first-order valence-corrected chi connectivity index (χ1v) is 7.65. The SMILES string of the molecule is CCc1ccc(C(=O)CNC2CCCCCC2)cc1.